The van der Waals surface area contributed by atoms with Crippen molar-refractivity contribution >= 4 is 0 Å². The smallest absolute Gasteiger partial charge is 0.0163 e. The monoisotopic (exact) mass is 182 g/mol. The molecule has 0 saturated heterocycles. The number of hydrogen-bond acceptors (Lipinski definition) is 2. The standard InChI is InChI=1S/C11H22N2/c1-3-9-13(4-2)11-7-5-10(12)6-8-11/h3,10-11H,1,4-9,12H2,2H3. The molecule has 13 heavy (non-hydrogen) atoms. The third-order valence-corrected chi connectivity index (χ3v) is 3.03. The Hall–Kier alpha value is -0.340. The number of nitrogens with zero attached hydrogens (tertiary/aromatic N) is 1. The van der Waals surface area contributed by atoms with Crippen LogP contribution < -0.4 is 5.73 Å². The molecule has 0 atom stereocenters. The normalized spacial score (nSPS) is 29.2. The highest BCUT2D eigenvalue weighted by atomic mass is 15.1. The van der Waals surface area contributed by atoms with E-state index in [1.165, 1.54) is 25.7 Å². The highest BCUT2D eigenvalue weighted by molar-refractivity contribution is 4.84. The molecule has 0 heterocycles. The Morgan fingerprint density at radius 1 is 1.38 bits per heavy atom. The average molecular weight is 182 g/mol. The van der Waals surface area contributed by atoms with Gasteiger partial charge in [0, 0.05) is 18.6 Å². The molecular weight excluding hydrogens is 160 g/mol. The van der Waals surface area contributed by atoms with Crippen LogP contribution >= 0.6 is 0 Å². The van der Waals surface area contributed by atoms with Gasteiger partial charge in [-0.2, -0.15) is 0 Å². The number of likely N-dealkylation sites (N-methyl/N-ethyl adjacent to an activating group) is 1. The zero-order valence-electron chi connectivity index (χ0n) is 8.71. The van der Waals surface area contributed by atoms with E-state index >= 15 is 0 Å². The lowest BCUT2D eigenvalue weighted by atomic mass is 9.91. The molecule has 1 rings (SSSR count). The van der Waals surface area contributed by atoms with E-state index in [2.05, 4.69) is 18.4 Å². The summed E-state index contributed by atoms with van der Waals surface area (Å²) in [5.74, 6) is 0. The van der Waals surface area contributed by atoms with Gasteiger partial charge in [0.2, 0.25) is 0 Å². The second kappa shape index (κ2) is 5.40. The Morgan fingerprint density at radius 3 is 2.46 bits per heavy atom. The zero-order chi connectivity index (χ0) is 9.68. The minimum absolute atomic E-state index is 0.457. The number of rotatable bonds is 4. The molecule has 1 fully saturated rings. The first-order valence-corrected chi connectivity index (χ1v) is 5.38. The maximum absolute atomic E-state index is 5.87. The molecule has 1 saturated carbocycles. The number of hydrogen-bond donors (Lipinski definition) is 1. The van der Waals surface area contributed by atoms with E-state index < -0.39 is 0 Å². The van der Waals surface area contributed by atoms with E-state index in [9.17, 15) is 0 Å². The van der Waals surface area contributed by atoms with Gasteiger partial charge in [0.1, 0.15) is 0 Å². The molecule has 0 radical (unpaired) electrons. The minimum atomic E-state index is 0.457. The second-order valence-corrected chi connectivity index (χ2v) is 3.94. The largest absolute Gasteiger partial charge is 0.328 e. The van der Waals surface area contributed by atoms with Gasteiger partial charge < -0.3 is 5.73 Å². The van der Waals surface area contributed by atoms with E-state index in [0.717, 1.165) is 19.1 Å². The van der Waals surface area contributed by atoms with Gasteiger partial charge in [0.05, 0.1) is 0 Å². The van der Waals surface area contributed by atoms with Crippen LogP contribution in [0.15, 0.2) is 12.7 Å². The lowest BCUT2D eigenvalue weighted by Gasteiger charge is -2.34. The van der Waals surface area contributed by atoms with E-state index in [4.69, 9.17) is 5.73 Å². The highest BCUT2D eigenvalue weighted by Gasteiger charge is 2.22. The quantitative estimate of drug-likeness (QED) is 0.671. The molecular formula is C11H22N2. The third-order valence-electron chi connectivity index (χ3n) is 3.03. The van der Waals surface area contributed by atoms with Gasteiger partial charge in [-0.15, -0.1) is 6.58 Å². The summed E-state index contributed by atoms with van der Waals surface area (Å²) < 4.78 is 0. The summed E-state index contributed by atoms with van der Waals surface area (Å²) in [5, 5.41) is 0. The molecule has 0 amide bonds. The molecule has 1 aliphatic carbocycles. The molecule has 2 N–H and O–H groups in total. The van der Waals surface area contributed by atoms with Crippen molar-refractivity contribution in [2.24, 2.45) is 5.73 Å². The summed E-state index contributed by atoms with van der Waals surface area (Å²) >= 11 is 0. The van der Waals surface area contributed by atoms with Crippen molar-refractivity contribution in [2.45, 2.75) is 44.7 Å². The van der Waals surface area contributed by atoms with Gasteiger partial charge in [-0.25, -0.2) is 0 Å². The van der Waals surface area contributed by atoms with E-state index in [0.29, 0.717) is 6.04 Å². The van der Waals surface area contributed by atoms with Crippen molar-refractivity contribution < 1.29 is 0 Å². The zero-order valence-corrected chi connectivity index (χ0v) is 8.71. The summed E-state index contributed by atoms with van der Waals surface area (Å²) in [4.78, 5) is 2.50. The Labute approximate surface area is 81.8 Å². The summed E-state index contributed by atoms with van der Waals surface area (Å²) in [6.45, 7) is 8.17. The predicted octanol–water partition coefficient (Wildman–Crippen LogP) is 1.76. The van der Waals surface area contributed by atoms with E-state index in [1.807, 2.05) is 6.08 Å². The SMILES string of the molecule is C=CCN(CC)C1CCC(N)CC1. The van der Waals surface area contributed by atoms with E-state index in [-0.39, 0.29) is 0 Å². The molecule has 0 aromatic rings. The van der Waals surface area contributed by atoms with Crippen LogP contribution in [-0.2, 0) is 0 Å². The van der Waals surface area contributed by atoms with Crippen LogP contribution in [0.3, 0.4) is 0 Å². The molecule has 0 unspecified atom stereocenters. The van der Waals surface area contributed by atoms with Crippen LogP contribution in [0.5, 0.6) is 0 Å². The summed E-state index contributed by atoms with van der Waals surface area (Å²) in [6.07, 6.45) is 6.92. The topological polar surface area (TPSA) is 29.3 Å². The summed E-state index contributed by atoms with van der Waals surface area (Å²) in [5.41, 5.74) is 5.87. The first kappa shape index (κ1) is 10.7. The lowest BCUT2D eigenvalue weighted by Crippen LogP contribution is -2.40. The molecule has 1 aliphatic rings. The Kier molecular flexibility index (Phi) is 4.46. The second-order valence-electron chi connectivity index (χ2n) is 3.94. The first-order chi connectivity index (χ1) is 6.27. The fraction of sp³-hybridized carbons (Fsp3) is 0.818. The third kappa shape index (κ3) is 3.12. The molecule has 0 aromatic carbocycles. The highest BCUT2D eigenvalue weighted by Crippen LogP contribution is 2.21. The molecule has 0 aromatic heterocycles. The van der Waals surface area contributed by atoms with Gasteiger partial charge in [-0.3, -0.25) is 4.90 Å². The van der Waals surface area contributed by atoms with Gasteiger partial charge in [-0.1, -0.05) is 13.0 Å². The van der Waals surface area contributed by atoms with Crippen LogP contribution in [0.25, 0.3) is 0 Å². The van der Waals surface area contributed by atoms with Crippen LogP contribution in [0, 0.1) is 0 Å². The van der Waals surface area contributed by atoms with Gasteiger partial charge in [0.15, 0.2) is 0 Å². The van der Waals surface area contributed by atoms with Crippen LogP contribution in [0.4, 0.5) is 0 Å². The van der Waals surface area contributed by atoms with Crippen LogP contribution in [0.2, 0.25) is 0 Å². The van der Waals surface area contributed by atoms with Gasteiger partial charge in [0.25, 0.3) is 0 Å². The molecule has 0 aliphatic heterocycles. The Bertz CT molecular complexity index is 148. The fourth-order valence-electron chi connectivity index (χ4n) is 2.17. The van der Waals surface area contributed by atoms with Crippen molar-refractivity contribution in [3.63, 3.8) is 0 Å². The van der Waals surface area contributed by atoms with Gasteiger partial charge in [-0.05, 0) is 32.2 Å². The average Bonchev–Trinajstić information content (AvgIpc) is 2.16. The predicted molar refractivity (Wildman–Crippen MR) is 57.7 cm³/mol. The van der Waals surface area contributed by atoms with Crippen molar-refractivity contribution in [2.75, 3.05) is 13.1 Å². The Balaban J connectivity index is 2.36. The van der Waals surface area contributed by atoms with Crippen LogP contribution in [0.1, 0.15) is 32.6 Å². The molecule has 0 spiro atoms. The maximum atomic E-state index is 5.87. The minimum Gasteiger partial charge on any atom is -0.328 e. The Morgan fingerprint density at radius 2 is 2.00 bits per heavy atom. The molecule has 76 valence electrons. The van der Waals surface area contributed by atoms with Gasteiger partial charge >= 0.3 is 0 Å². The molecule has 2 heteroatoms. The van der Waals surface area contributed by atoms with Crippen molar-refractivity contribution in [1.29, 1.82) is 0 Å². The maximum Gasteiger partial charge on any atom is 0.0163 e. The molecule has 0 bridgehead atoms. The fourth-order valence-corrected chi connectivity index (χ4v) is 2.17. The van der Waals surface area contributed by atoms with Crippen molar-refractivity contribution in [1.82, 2.24) is 4.90 Å². The molecule has 2 nitrogen and oxygen atoms in total. The first-order valence-electron chi connectivity index (χ1n) is 5.38. The van der Waals surface area contributed by atoms with E-state index in [1.54, 1.807) is 0 Å². The lowest BCUT2D eigenvalue weighted by molar-refractivity contribution is 0.172. The number of nitrogens with two attached hydrogens (primary N) is 1. The van der Waals surface area contributed by atoms with Crippen molar-refractivity contribution in [3.8, 4) is 0 Å². The van der Waals surface area contributed by atoms with Crippen molar-refractivity contribution in [3.05, 3.63) is 12.7 Å². The summed E-state index contributed by atoms with van der Waals surface area (Å²) in [7, 11) is 0. The summed E-state index contributed by atoms with van der Waals surface area (Å²) in [6, 6.07) is 1.21. The van der Waals surface area contributed by atoms with Crippen LogP contribution in [-0.4, -0.2) is 30.1 Å².